The van der Waals surface area contributed by atoms with Crippen LogP contribution in [0.15, 0.2) is 30.6 Å². The van der Waals surface area contributed by atoms with Crippen LogP contribution in [0.5, 0.6) is 0 Å². The lowest BCUT2D eigenvalue weighted by Crippen LogP contribution is -2.49. The SMILES string of the molecule is CC(C)(CNCc1cnn2ccccc12)NS(C)(=O)=O. The minimum absolute atomic E-state index is 0.531. The van der Waals surface area contributed by atoms with Crippen molar-refractivity contribution in [3.63, 3.8) is 0 Å². The second-order valence-electron chi connectivity index (χ2n) is 5.56. The molecule has 0 aliphatic carbocycles. The average molecular weight is 296 g/mol. The van der Waals surface area contributed by atoms with Crippen LogP contribution in [0.25, 0.3) is 5.52 Å². The van der Waals surface area contributed by atoms with Gasteiger partial charge in [-0.1, -0.05) is 6.07 Å². The van der Waals surface area contributed by atoms with Crippen LogP contribution in [0, 0.1) is 0 Å². The van der Waals surface area contributed by atoms with Crippen LogP contribution in [0.4, 0.5) is 0 Å². The Morgan fingerprint density at radius 2 is 2.10 bits per heavy atom. The molecule has 2 aromatic rings. The van der Waals surface area contributed by atoms with Crippen LogP contribution in [0.1, 0.15) is 19.4 Å². The molecule has 2 heterocycles. The highest BCUT2D eigenvalue weighted by atomic mass is 32.2. The Hall–Kier alpha value is -1.44. The van der Waals surface area contributed by atoms with Crippen LogP contribution in [0.3, 0.4) is 0 Å². The fourth-order valence-electron chi connectivity index (χ4n) is 2.17. The summed E-state index contributed by atoms with van der Waals surface area (Å²) in [6, 6.07) is 5.90. The largest absolute Gasteiger partial charge is 0.311 e. The van der Waals surface area contributed by atoms with Crippen molar-refractivity contribution in [1.82, 2.24) is 19.7 Å². The highest BCUT2D eigenvalue weighted by molar-refractivity contribution is 7.88. The minimum atomic E-state index is -3.21. The maximum atomic E-state index is 11.3. The zero-order valence-corrected chi connectivity index (χ0v) is 12.7. The van der Waals surface area contributed by atoms with E-state index in [4.69, 9.17) is 0 Å². The molecule has 0 saturated carbocycles. The topological polar surface area (TPSA) is 75.5 Å². The van der Waals surface area contributed by atoms with Crippen LogP contribution in [-0.2, 0) is 16.6 Å². The van der Waals surface area contributed by atoms with Crippen molar-refractivity contribution in [3.8, 4) is 0 Å². The number of sulfonamides is 1. The van der Waals surface area contributed by atoms with E-state index in [-0.39, 0.29) is 0 Å². The minimum Gasteiger partial charge on any atom is -0.311 e. The Kier molecular flexibility index (Phi) is 4.12. The van der Waals surface area contributed by atoms with Crippen LogP contribution >= 0.6 is 0 Å². The van der Waals surface area contributed by atoms with Gasteiger partial charge in [-0.3, -0.25) is 0 Å². The van der Waals surface area contributed by atoms with Crippen molar-refractivity contribution in [2.45, 2.75) is 25.9 Å². The van der Waals surface area contributed by atoms with E-state index >= 15 is 0 Å². The number of pyridine rings is 1. The van der Waals surface area contributed by atoms with E-state index in [1.54, 1.807) is 0 Å². The quantitative estimate of drug-likeness (QED) is 0.825. The lowest BCUT2D eigenvalue weighted by atomic mass is 10.1. The van der Waals surface area contributed by atoms with Crippen molar-refractivity contribution in [3.05, 3.63) is 36.2 Å². The van der Waals surface area contributed by atoms with Gasteiger partial charge >= 0.3 is 0 Å². The smallest absolute Gasteiger partial charge is 0.209 e. The van der Waals surface area contributed by atoms with E-state index in [0.29, 0.717) is 13.1 Å². The Labute approximate surface area is 119 Å². The van der Waals surface area contributed by atoms with Gasteiger partial charge in [-0.2, -0.15) is 5.10 Å². The van der Waals surface area contributed by atoms with Gasteiger partial charge in [-0.15, -0.1) is 0 Å². The molecule has 0 amide bonds. The van der Waals surface area contributed by atoms with E-state index in [0.717, 1.165) is 11.1 Å². The Morgan fingerprint density at radius 3 is 2.80 bits per heavy atom. The summed E-state index contributed by atoms with van der Waals surface area (Å²) in [5, 5.41) is 7.52. The van der Waals surface area contributed by atoms with E-state index in [1.165, 1.54) is 6.26 Å². The van der Waals surface area contributed by atoms with E-state index in [1.807, 2.05) is 49.0 Å². The molecular weight excluding hydrogens is 276 g/mol. The Morgan fingerprint density at radius 1 is 1.35 bits per heavy atom. The molecule has 0 atom stereocenters. The average Bonchev–Trinajstić information content (AvgIpc) is 2.69. The van der Waals surface area contributed by atoms with Crippen molar-refractivity contribution in [2.75, 3.05) is 12.8 Å². The van der Waals surface area contributed by atoms with Crippen molar-refractivity contribution in [2.24, 2.45) is 0 Å². The van der Waals surface area contributed by atoms with Gasteiger partial charge < -0.3 is 5.32 Å². The molecule has 0 aliphatic heterocycles. The summed E-state index contributed by atoms with van der Waals surface area (Å²) in [7, 11) is -3.21. The number of fused-ring (bicyclic) bond motifs is 1. The van der Waals surface area contributed by atoms with Crippen molar-refractivity contribution < 1.29 is 8.42 Å². The molecule has 0 aromatic carbocycles. The Balaban J connectivity index is 1.96. The summed E-state index contributed by atoms with van der Waals surface area (Å²) in [6.07, 6.45) is 4.88. The molecular formula is C13H20N4O2S. The standard InChI is InChI=1S/C13H20N4O2S/c1-13(2,16-20(3,18)19)10-14-8-11-9-15-17-7-5-4-6-12(11)17/h4-7,9,14,16H,8,10H2,1-3H3. The first-order valence-corrected chi connectivity index (χ1v) is 8.27. The molecule has 7 heteroatoms. The zero-order chi connectivity index (χ0) is 14.8. The first-order valence-electron chi connectivity index (χ1n) is 6.38. The second-order valence-corrected chi connectivity index (χ2v) is 7.31. The molecule has 0 saturated heterocycles. The summed E-state index contributed by atoms with van der Waals surface area (Å²) in [6.45, 7) is 4.86. The highest BCUT2D eigenvalue weighted by Crippen LogP contribution is 2.10. The summed E-state index contributed by atoms with van der Waals surface area (Å²) in [5.41, 5.74) is 1.60. The molecule has 2 aromatic heterocycles. The number of aromatic nitrogens is 2. The van der Waals surface area contributed by atoms with E-state index in [2.05, 4.69) is 15.1 Å². The lowest BCUT2D eigenvalue weighted by Gasteiger charge is -2.25. The third-order valence-corrected chi connectivity index (χ3v) is 3.77. The summed E-state index contributed by atoms with van der Waals surface area (Å²) in [5.74, 6) is 0. The fourth-order valence-corrected chi connectivity index (χ4v) is 3.25. The van der Waals surface area contributed by atoms with Crippen LogP contribution in [-0.4, -0.2) is 36.4 Å². The first-order chi connectivity index (χ1) is 9.27. The van der Waals surface area contributed by atoms with Gasteiger partial charge in [0.25, 0.3) is 0 Å². The number of rotatable bonds is 6. The van der Waals surface area contributed by atoms with Crippen molar-refractivity contribution >= 4 is 15.5 Å². The first kappa shape index (κ1) is 15.0. The maximum Gasteiger partial charge on any atom is 0.209 e. The Bertz CT molecular complexity index is 691. The molecule has 110 valence electrons. The van der Waals surface area contributed by atoms with Gasteiger partial charge in [0, 0.05) is 30.4 Å². The van der Waals surface area contributed by atoms with Crippen LogP contribution < -0.4 is 10.0 Å². The molecule has 0 spiro atoms. The van der Waals surface area contributed by atoms with Gasteiger partial charge in [0.15, 0.2) is 0 Å². The summed E-state index contributed by atoms with van der Waals surface area (Å²) < 4.78 is 26.9. The monoisotopic (exact) mass is 296 g/mol. The zero-order valence-electron chi connectivity index (χ0n) is 11.9. The number of nitrogens with zero attached hydrogens (tertiary/aromatic N) is 2. The molecule has 2 N–H and O–H groups in total. The molecule has 0 fully saturated rings. The third-order valence-electron chi connectivity index (χ3n) is 2.85. The third kappa shape index (κ3) is 4.03. The molecule has 0 bridgehead atoms. The van der Waals surface area contributed by atoms with Gasteiger partial charge in [0.1, 0.15) is 0 Å². The predicted molar refractivity (Wildman–Crippen MR) is 79.0 cm³/mol. The fraction of sp³-hybridized carbons (Fsp3) is 0.462. The van der Waals surface area contributed by atoms with Crippen LogP contribution in [0.2, 0.25) is 0 Å². The lowest BCUT2D eigenvalue weighted by molar-refractivity contribution is 0.421. The molecule has 0 radical (unpaired) electrons. The molecule has 20 heavy (non-hydrogen) atoms. The normalized spacial score (nSPS) is 12.9. The van der Waals surface area contributed by atoms with Gasteiger partial charge in [-0.25, -0.2) is 17.7 Å². The summed E-state index contributed by atoms with van der Waals surface area (Å²) >= 11 is 0. The van der Waals surface area contributed by atoms with Gasteiger partial charge in [-0.05, 0) is 26.0 Å². The number of hydrogen-bond acceptors (Lipinski definition) is 4. The molecule has 6 nitrogen and oxygen atoms in total. The predicted octanol–water partition coefficient (Wildman–Crippen LogP) is 0.752. The second kappa shape index (κ2) is 5.51. The summed E-state index contributed by atoms with van der Waals surface area (Å²) in [4.78, 5) is 0. The maximum absolute atomic E-state index is 11.3. The van der Waals surface area contributed by atoms with Crippen molar-refractivity contribution in [1.29, 1.82) is 0 Å². The molecule has 0 unspecified atom stereocenters. The van der Waals surface area contributed by atoms with E-state index < -0.39 is 15.6 Å². The number of nitrogens with one attached hydrogen (secondary N) is 2. The highest BCUT2D eigenvalue weighted by Gasteiger charge is 2.21. The molecule has 0 aliphatic rings. The van der Waals surface area contributed by atoms with Gasteiger partial charge in [0.05, 0.1) is 18.0 Å². The number of hydrogen-bond donors (Lipinski definition) is 2. The van der Waals surface area contributed by atoms with Gasteiger partial charge in [0.2, 0.25) is 10.0 Å². The van der Waals surface area contributed by atoms with E-state index in [9.17, 15) is 8.42 Å². The molecule has 2 rings (SSSR count).